The summed E-state index contributed by atoms with van der Waals surface area (Å²) in [5.41, 5.74) is 0. The van der Waals surface area contributed by atoms with Gasteiger partial charge < -0.3 is 5.32 Å². The van der Waals surface area contributed by atoms with Crippen LogP contribution in [0.3, 0.4) is 0 Å². The van der Waals surface area contributed by atoms with Crippen molar-refractivity contribution in [3.63, 3.8) is 0 Å². The first-order valence-corrected chi connectivity index (χ1v) is 7.05. The zero-order valence-electron chi connectivity index (χ0n) is 10.1. The SMILES string of the molecule is CNC(=O)C1CCCN1CC(=O)c1ccc(Cl)s1. The Morgan fingerprint density at radius 3 is 2.94 bits per heavy atom. The van der Waals surface area contributed by atoms with Crippen LogP contribution in [0.15, 0.2) is 12.1 Å². The standard InChI is InChI=1S/C12H15ClN2O2S/c1-14-12(17)8-3-2-6-15(8)7-9(16)10-4-5-11(13)18-10/h4-5,8H,2-3,6-7H2,1H3,(H,14,17). The van der Waals surface area contributed by atoms with Gasteiger partial charge in [-0.05, 0) is 31.5 Å². The Morgan fingerprint density at radius 1 is 1.56 bits per heavy atom. The molecule has 0 bridgehead atoms. The molecule has 1 saturated heterocycles. The highest BCUT2D eigenvalue weighted by Gasteiger charge is 2.31. The van der Waals surface area contributed by atoms with E-state index in [9.17, 15) is 9.59 Å². The molecule has 1 amide bonds. The maximum absolute atomic E-state index is 12.0. The highest BCUT2D eigenvalue weighted by molar-refractivity contribution is 7.18. The van der Waals surface area contributed by atoms with Crippen molar-refractivity contribution in [1.82, 2.24) is 10.2 Å². The number of carbonyl (C=O) groups is 2. The van der Waals surface area contributed by atoms with E-state index in [1.807, 2.05) is 4.90 Å². The molecule has 98 valence electrons. The zero-order valence-corrected chi connectivity index (χ0v) is 11.7. The van der Waals surface area contributed by atoms with Crippen molar-refractivity contribution in [3.8, 4) is 0 Å². The molecule has 1 aromatic rings. The number of nitrogens with one attached hydrogen (secondary N) is 1. The van der Waals surface area contributed by atoms with Gasteiger partial charge in [0.15, 0.2) is 5.78 Å². The predicted octanol–water partition coefficient (Wildman–Crippen LogP) is 1.79. The van der Waals surface area contributed by atoms with Crippen molar-refractivity contribution in [2.75, 3.05) is 20.1 Å². The van der Waals surface area contributed by atoms with Crippen molar-refractivity contribution >= 4 is 34.6 Å². The Balaban J connectivity index is 2.00. The molecule has 0 radical (unpaired) electrons. The highest BCUT2D eigenvalue weighted by atomic mass is 35.5. The maximum atomic E-state index is 12.0. The number of amides is 1. The van der Waals surface area contributed by atoms with Gasteiger partial charge in [-0.25, -0.2) is 0 Å². The molecule has 1 atom stereocenters. The van der Waals surface area contributed by atoms with E-state index in [0.29, 0.717) is 9.21 Å². The molecular weight excluding hydrogens is 272 g/mol. The van der Waals surface area contributed by atoms with Gasteiger partial charge in [0.25, 0.3) is 0 Å². The van der Waals surface area contributed by atoms with Crippen molar-refractivity contribution in [2.24, 2.45) is 0 Å². The largest absolute Gasteiger partial charge is 0.358 e. The first-order valence-electron chi connectivity index (χ1n) is 5.86. The molecule has 1 aromatic heterocycles. The Hall–Kier alpha value is -0.910. The van der Waals surface area contributed by atoms with Crippen molar-refractivity contribution in [3.05, 3.63) is 21.3 Å². The number of halogens is 1. The van der Waals surface area contributed by atoms with Gasteiger partial charge >= 0.3 is 0 Å². The number of hydrogen-bond acceptors (Lipinski definition) is 4. The molecule has 0 spiro atoms. The predicted molar refractivity (Wildman–Crippen MR) is 72.3 cm³/mol. The smallest absolute Gasteiger partial charge is 0.237 e. The summed E-state index contributed by atoms with van der Waals surface area (Å²) in [4.78, 5) is 26.3. The van der Waals surface area contributed by atoms with E-state index in [4.69, 9.17) is 11.6 Å². The van der Waals surface area contributed by atoms with Crippen LogP contribution in [0.25, 0.3) is 0 Å². The van der Waals surface area contributed by atoms with Crippen LogP contribution >= 0.6 is 22.9 Å². The summed E-state index contributed by atoms with van der Waals surface area (Å²) in [5, 5.41) is 2.64. The molecule has 1 aliphatic rings. The molecule has 2 rings (SSSR count). The molecule has 0 saturated carbocycles. The Bertz CT molecular complexity index is 461. The van der Waals surface area contributed by atoms with Crippen molar-refractivity contribution in [1.29, 1.82) is 0 Å². The number of thiophene rings is 1. The lowest BCUT2D eigenvalue weighted by molar-refractivity contribution is -0.124. The number of hydrogen-bond donors (Lipinski definition) is 1. The Morgan fingerprint density at radius 2 is 2.33 bits per heavy atom. The van der Waals surface area contributed by atoms with Gasteiger partial charge in [0, 0.05) is 7.05 Å². The first-order chi connectivity index (χ1) is 8.61. The molecule has 2 heterocycles. The third-order valence-corrected chi connectivity index (χ3v) is 4.38. The number of rotatable bonds is 4. The summed E-state index contributed by atoms with van der Waals surface area (Å²) in [7, 11) is 1.62. The summed E-state index contributed by atoms with van der Waals surface area (Å²) >= 11 is 7.09. The second kappa shape index (κ2) is 5.82. The summed E-state index contributed by atoms with van der Waals surface area (Å²) in [6, 6.07) is 3.29. The van der Waals surface area contributed by atoms with E-state index in [-0.39, 0.29) is 24.3 Å². The lowest BCUT2D eigenvalue weighted by Crippen LogP contribution is -2.43. The van der Waals surface area contributed by atoms with Gasteiger partial charge in [0.05, 0.1) is 21.8 Å². The minimum atomic E-state index is -0.172. The molecule has 0 aromatic carbocycles. The van der Waals surface area contributed by atoms with Crippen LogP contribution in [0.1, 0.15) is 22.5 Å². The molecule has 4 nitrogen and oxygen atoms in total. The monoisotopic (exact) mass is 286 g/mol. The van der Waals surface area contributed by atoms with Crippen LogP contribution in [-0.4, -0.2) is 42.8 Å². The summed E-state index contributed by atoms with van der Waals surface area (Å²) in [6.45, 7) is 1.08. The minimum Gasteiger partial charge on any atom is -0.358 e. The highest BCUT2D eigenvalue weighted by Crippen LogP contribution is 2.23. The summed E-state index contributed by atoms with van der Waals surface area (Å²) in [6.07, 6.45) is 1.77. The van der Waals surface area contributed by atoms with Crippen LogP contribution in [0.2, 0.25) is 4.34 Å². The van der Waals surface area contributed by atoms with Crippen LogP contribution in [0, 0.1) is 0 Å². The van der Waals surface area contributed by atoms with E-state index in [1.54, 1.807) is 19.2 Å². The van der Waals surface area contributed by atoms with E-state index >= 15 is 0 Å². The number of likely N-dealkylation sites (N-methyl/N-ethyl adjacent to an activating group) is 1. The molecule has 6 heteroatoms. The number of Topliss-reactive ketones (excluding diaryl/α,β-unsaturated/α-hetero) is 1. The van der Waals surface area contributed by atoms with Crippen LogP contribution in [0.4, 0.5) is 0 Å². The van der Waals surface area contributed by atoms with E-state index < -0.39 is 0 Å². The van der Waals surface area contributed by atoms with Crippen LogP contribution in [-0.2, 0) is 4.79 Å². The maximum Gasteiger partial charge on any atom is 0.237 e. The molecule has 1 unspecified atom stereocenters. The van der Waals surface area contributed by atoms with Crippen LogP contribution < -0.4 is 5.32 Å². The lowest BCUT2D eigenvalue weighted by atomic mass is 10.2. The molecule has 1 fully saturated rings. The average Bonchev–Trinajstić information content (AvgIpc) is 2.97. The zero-order chi connectivity index (χ0) is 13.1. The number of likely N-dealkylation sites (tertiary alicyclic amines) is 1. The van der Waals surface area contributed by atoms with E-state index in [1.165, 1.54) is 11.3 Å². The number of ketones is 1. The minimum absolute atomic E-state index is 0.00971. The van der Waals surface area contributed by atoms with Crippen molar-refractivity contribution in [2.45, 2.75) is 18.9 Å². The fourth-order valence-corrected chi connectivity index (χ4v) is 3.18. The van der Waals surface area contributed by atoms with Gasteiger partial charge in [0.1, 0.15) is 0 Å². The van der Waals surface area contributed by atoms with Gasteiger partial charge in [-0.3, -0.25) is 14.5 Å². The summed E-state index contributed by atoms with van der Waals surface area (Å²) in [5.74, 6) is 0.0206. The fourth-order valence-electron chi connectivity index (χ4n) is 2.21. The molecule has 1 aliphatic heterocycles. The molecule has 18 heavy (non-hydrogen) atoms. The van der Waals surface area contributed by atoms with Crippen molar-refractivity contribution < 1.29 is 9.59 Å². The Labute approximate surface area is 115 Å². The normalized spacial score (nSPS) is 20.0. The third-order valence-electron chi connectivity index (χ3n) is 3.11. The van der Waals surface area contributed by atoms with E-state index in [2.05, 4.69) is 5.32 Å². The third kappa shape index (κ3) is 2.91. The van der Waals surface area contributed by atoms with Gasteiger partial charge in [-0.2, -0.15) is 0 Å². The van der Waals surface area contributed by atoms with Gasteiger partial charge in [-0.1, -0.05) is 11.6 Å². The first kappa shape index (κ1) is 13.5. The molecule has 1 N–H and O–H groups in total. The average molecular weight is 287 g/mol. The Kier molecular flexibility index (Phi) is 4.37. The van der Waals surface area contributed by atoms with E-state index in [0.717, 1.165) is 19.4 Å². The topological polar surface area (TPSA) is 49.4 Å². The van der Waals surface area contributed by atoms with Crippen LogP contribution in [0.5, 0.6) is 0 Å². The second-order valence-electron chi connectivity index (χ2n) is 4.27. The molecular formula is C12H15ClN2O2S. The lowest BCUT2D eigenvalue weighted by Gasteiger charge is -2.21. The van der Waals surface area contributed by atoms with Gasteiger partial charge in [0.2, 0.25) is 5.91 Å². The van der Waals surface area contributed by atoms with Gasteiger partial charge in [-0.15, -0.1) is 11.3 Å². The second-order valence-corrected chi connectivity index (χ2v) is 5.98. The quantitative estimate of drug-likeness (QED) is 0.859. The summed E-state index contributed by atoms with van der Waals surface area (Å²) < 4.78 is 0.614. The number of carbonyl (C=O) groups excluding carboxylic acids is 2. The molecule has 0 aliphatic carbocycles. The fraction of sp³-hybridized carbons (Fsp3) is 0.500. The number of nitrogens with zero attached hydrogens (tertiary/aromatic N) is 1.